The first kappa shape index (κ1) is 15.3. The molecular weight excluding hydrogens is 279 g/mol. The molecule has 2 rings (SSSR count). The number of alkyl halides is 3. The first-order chi connectivity index (χ1) is 9.74. The highest BCUT2D eigenvalue weighted by molar-refractivity contribution is 5.71. The summed E-state index contributed by atoms with van der Waals surface area (Å²) >= 11 is 0. The highest BCUT2D eigenvalue weighted by Crippen LogP contribution is 2.34. The van der Waals surface area contributed by atoms with Crippen LogP contribution in [0.15, 0.2) is 18.2 Å². The molecule has 0 radical (unpaired) electrons. The zero-order valence-corrected chi connectivity index (χ0v) is 12.3. The van der Waals surface area contributed by atoms with Gasteiger partial charge in [0.2, 0.25) is 0 Å². The van der Waals surface area contributed by atoms with Crippen LogP contribution in [0, 0.1) is 20.8 Å². The third-order valence-corrected chi connectivity index (χ3v) is 3.30. The fraction of sp³-hybridized carbons (Fsp3) is 0.333. The van der Waals surface area contributed by atoms with Crippen LogP contribution in [0.3, 0.4) is 0 Å². The van der Waals surface area contributed by atoms with E-state index in [9.17, 15) is 13.2 Å². The van der Waals surface area contributed by atoms with Crippen LogP contribution in [0.4, 0.5) is 19.0 Å². The summed E-state index contributed by atoms with van der Waals surface area (Å²) in [6.45, 7) is 5.25. The summed E-state index contributed by atoms with van der Waals surface area (Å²) in [6.07, 6.45) is -4.34. The van der Waals surface area contributed by atoms with Gasteiger partial charge in [0.05, 0.1) is 11.3 Å². The average Bonchev–Trinajstić information content (AvgIpc) is 2.40. The molecule has 0 unspecified atom stereocenters. The van der Waals surface area contributed by atoms with Crippen LogP contribution in [0.2, 0.25) is 0 Å². The number of aromatic nitrogens is 2. The monoisotopic (exact) mass is 295 g/mol. The quantitative estimate of drug-likeness (QED) is 0.905. The highest BCUT2D eigenvalue weighted by atomic mass is 19.4. The molecule has 0 aliphatic carbocycles. The highest BCUT2D eigenvalue weighted by Gasteiger charge is 2.30. The maximum Gasteiger partial charge on any atom is 0.416 e. The Morgan fingerprint density at radius 2 is 1.71 bits per heavy atom. The van der Waals surface area contributed by atoms with E-state index in [0.717, 1.165) is 17.7 Å². The Kier molecular flexibility index (Phi) is 3.89. The smallest absolute Gasteiger partial charge is 0.373 e. The standard InChI is InChI=1S/C15H16F3N3/c1-8-7-11(15(16,17)18)5-6-12(8)13-9(2)14(19-4)21-10(3)20-13/h5-7H,1-4H3,(H,19,20,21). The van der Waals surface area contributed by atoms with Gasteiger partial charge in [0.15, 0.2) is 0 Å². The SMILES string of the molecule is CNc1nc(C)nc(-c2ccc(C(F)(F)F)cc2C)c1C. The number of nitrogens with zero attached hydrogens (tertiary/aromatic N) is 2. The third-order valence-electron chi connectivity index (χ3n) is 3.30. The summed E-state index contributed by atoms with van der Waals surface area (Å²) in [4.78, 5) is 8.63. The van der Waals surface area contributed by atoms with E-state index in [4.69, 9.17) is 0 Å². The van der Waals surface area contributed by atoms with Gasteiger partial charge in [-0.25, -0.2) is 9.97 Å². The molecule has 0 aliphatic rings. The molecule has 21 heavy (non-hydrogen) atoms. The zero-order chi connectivity index (χ0) is 15.8. The second-order valence-corrected chi connectivity index (χ2v) is 4.87. The van der Waals surface area contributed by atoms with Crippen molar-refractivity contribution in [1.29, 1.82) is 0 Å². The fourth-order valence-corrected chi connectivity index (χ4v) is 2.24. The molecular formula is C15H16F3N3. The maximum absolute atomic E-state index is 12.7. The minimum atomic E-state index is -4.34. The molecule has 0 saturated carbocycles. The van der Waals surface area contributed by atoms with Gasteiger partial charge in [-0.05, 0) is 38.5 Å². The summed E-state index contributed by atoms with van der Waals surface area (Å²) in [5.74, 6) is 1.25. The number of hydrogen-bond donors (Lipinski definition) is 1. The van der Waals surface area contributed by atoms with Crippen molar-refractivity contribution >= 4 is 5.82 Å². The van der Waals surface area contributed by atoms with Gasteiger partial charge in [0, 0.05) is 18.2 Å². The minimum Gasteiger partial charge on any atom is -0.373 e. The Bertz CT molecular complexity index is 679. The Hall–Kier alpha value is -2.11. The maximum atomic E-state index is 12.7. The van der Waals surface area contributed by atoms with Crippen molar-refractivity contribution in [3.8, 4) is 11.3 Å². The number of aryl methyl sites for hydroxylation is 2. The van der Waals surface area contributed by atoms with Crippen LogP contribution in [0.5, 0.6) is 0 Å². The Morgan fingerprint density at radius 3 is 2.24 bits per heavy atom. The van der Waals surface area contributed by atoms with Gasteiger partial charge in [-0.1, -0.05) is 6.07 Å². The second kappa shape index (κ2) is 5.35. The molecule has 1 heterocycles. The van der Waals surface area contributed by atoms with Crippen molar-refractivity contribution in [1.82, 2.24) is 9.97 Å². The normalized spacial score (nSPS) is 11.6. The number of halogens is 3. The molecule has 0 fully saturated rings. The Balaban J connectivity index is 2.60. The molecule has 0 bridgehead atoms. The van der Waals surface area contributed by atoms with Gasteiger partial charge in [0.1, 0.15) is 11.6 Å². The summed E-state index contributed by atoms with van der Waals surface area (Å²) in [5.41, 5.74) is 2.03. The Labute approximate surface area is 121 Å². The van der Waals surface area contributed by atoms with E-state index in [-0.39, 0.29) is 0 Å². The molecule has 0 saturated heterocycles. The Morgan fingerprint density at radius 1 is 1.05 bits per heavy atom. The molecule has 0 spiro atoms. The van der Waals surface area contributed by atoms with Crippen LogP contribution in [-0.4, -0.2) is 17.0 Å². The number of anilines is 1. The molecule has 0 aliphatic heterocycles. The molecule has 1 aromatic carbocycles. The van der Waals surface area contributed by atoms with Crippen molar-refractivity contribution < 1.29 is 13.2 Å². The molecule has 1 N–H and O–H groups in total. The van der Waals surface area contributed by atoms with Crippen molar-refractivity contribution in [2.45, 2.75) is 26.9 Å². The molecule has 1 aromatic heterocycles. The van der Waals surface area contributed by atoms with E-state index >= 15 is 0 Å². The molecule has 0 atom stereocenters. The molecule has 3 nitrogen and oxygen atoms in total. The summed E-state index contributed by atoms with van der Waals surface area (Å²) in [6, 6.07) is 3.69. The van der Waals surface area contributed by atoms with Crippen LogP contribution >= 0.6 is 0 Å². The van der Waals surface area contributed by atoms with Gasteiger partial charge in [-0.15, -0.1) is 0 Å². The van der Waals surface area contributed by atoms with E-state index in [1.54, 1.807) is 20.9 Å². The lowest BCUT2D eigenvalue weighted by Gasteiger charge is -2.14. The predicted octanol–water partition coefficient (Wildman–Crippen LogP) is 4.13. The number of hydrogen-bond acceptors (Lipinski definition) is 3. The van der Waals surface area contributed by atoms with Crippen LogP contribution in [0.25, 0.3) is 11.3 Å². The van der Waals surface area contributed by atoms with Crippen molar-refractivity contribution in [2.75, 3.05) is 12.4 Å². The van der Waals surface area contributed by atoms with E-state index in [1.165, 1.54) is 6.07 Å². The number of benzene rings is 1. The van der Waals surface area contributed by atoms with Crippen molar-refractivity contribution in [3.05, 3.63) is 40.7 Å². The average molecular weight is 295 g/mol. The lowest BCUT2D eigenvalue weighted by molar-refractivity contribution is -0.137. The van der Waals surface area contributed by atoms with Gasteiger partial charge >= 0.3 is 6.18 Å². The summed E-state index contributed by atoms with van der Waals surface area (Å²) < 4.78 is 38.2. The fourth-order valence-electron chi connectivity index (χ4n) is 2.24. The number of rotatable bonds is 2. The summed E-state index contributed by atoms with van der Waals surface area (Å²) in [5, 5.41) is 2.97. The van der Waals surface area contributed by atoms with Crippen LogP contribution in [-0.2, 0) is 6.18 Å². The lowest BCUT2D eigenvalue weighted by Crippen LogP contribution is -2.06. The van der Waals surface area contributed by atoms with E-state index in [2.05, 4.69) is 15.3 Å². The minimum absolute atomic E-state index is 0.535. The summed E-state index contributed by atoms with van der Waals surface area (Å²) in [7, 11) is 1.75. The predicted molar refractivity (Wildman–Crippen MR) is 76.2 cm³/mol. The van der Waals surface area contributed by atoms with Crippen molar-refractivity contribution in [3.63, 3.8) is 0 Å². The van der Waals surface area contributed by atoms with Crippen molar-refractivity contribution in [2.24, 2.45) is 0 Å². The van der Waals surface area contributed by atoms with Gasteiger partial charge in [-0.3, -0.25) is 0 Å². The molecule has 6 heteroatoms. The third kappa shape index (κ3) is 2.99. The topological polar surface area (TPSA) is 37.8 Å². The largest absolute Gasteiger partial charge is 0.416 e. The van der Waals surface area contributed by atoms with Crippen LogP contribution < -0.4 is 5.32 Å². The van der Waals surface area contributed by atoms with E-state index in [1.807, 2.05) is 6.92 Å². The first-order valence-corrected chi connectivity index (χ1v) is 6.45. The van der Waals surface area contributed by atoms with E-state index < -0.39 is 11.7 Å². The lowest BCUT2D eigenvalue weighted by atomic mass is 9.99. The van der Waals surface area contributed by atoms with Gasteiger partial charge in [-0.2, -0.15) is 13.2 Å². The second-order valence-electron chi connectivity index (χ2n) is 4.87. The molecule has 2 aromatic rings. The molecule has 0 amide bonds. The van der Waals surface area contributed by atoms with Gasteiger partial charge < -0.3 is 5.32 Å². The molecule has 112 valence electrons. The number of nitrogens with one attached hydrogen (secondary N) is 1. The van der Waals surface area contributed by atoms with Crippen LogP contribution in [0.1, 0.15) is 22.5 Å². The first-order valence-electron chi connectivity index (χ1n) is 6.45. The zero-order valence-electron chi connectivity index (χ0n) is 12.3. The van der Waals surface area contributed by atoms with Gasteiger partial charge in [0.25, 0.3) is 0 Å². The van der Waals surface area contributed by atoms with E-state index in [0.29, 0.717) is 28.5 Å².